The molecule has 1 fully saturated rings. The highest BCUT2D eigenvalue weighted by atomic mass is 32.2. The van der Waals surface area contributed by atoms with E-state index >= 15 is 0 Å². The van der Waals surface area contributed by atoms with Crippen molar-refractivity contribution in [1.82, 2.24) is 4.90 Å². The number of rotatable bonds is 7. The summed E-state index contributed by atoms with van der Waals surface area (Å²) in [5.74, 6) is 0.271. The van der Waals surface area contributed by atoms with Crippen LogP contribution in [0.25, 0.3) is 0 Å². The molecule has 1 N–H and O–H groups in total. The van der Waals surface area contributed by atoms with E-state index in [-0.39, 0.29) is 10.8 Å². The van der Waals surface area contributed by atoms with Gasteiger partial charge in [0.25, 0.3) is 15.9 Å². The molecule has 0 atom stereocenters. The van der Waals surface area contributed by atoms with Gasteiger partial charge in [-0.15, -0.1) is 4.40 Å². The number of nitrogens with one attached hydrogen (secondary N) is 1. The molecular formula is C23H30N4O3S. The number of carbonyl (C=O) groups excluding carboxylic acids is 1. The zero-order valence-corrected chi connectivity index (χ0v) is 19.3. The fourth-order valence-electron chi connectivity index (χ4n) is 3.69. The number of amidine groups is 1. The molecule has 2 aromatic carbocycles. The Morgan fingerprint density at radius 1 is 1.19 bits per heavy atom. The van der Waals surface area contributed by atoms with Gasteiger partial charge in [-0.05, 0) is 69.7 Å². The average molecular weight is 443 g/mol. The molecule has 0 saturated carbocycles. The molecule has 3 rings (SSSR count). The Kier molecular flexibility index (Phi) is 7.00. The average Bonchev–Trinajstić information content (AvgIpc) is 3.12. The first-order valence-electron chi connectivity index (χ1n) is 10.5. The maximum Gasteiger partial charge on any atom is 0.284 e. The fraction of sp³-hybridized carbons (Fsp3) is 0.391. The molecule has 1 heterocycles. The van der Waals surface area contributed by atoms with E-state index in [1.54, 1.807) is 24.3 Å². The van der Waals surface area contributed by atoms with Gasteiger partial charge in [-0.25, -0.2) is 0 Å². The third-order valence-corrected chi connectivity index (χ3v) is 6.68. The number of hydrogen-bond acceptors (Lipinski definition) is 4. The molecule has 7 nitrogen and oxygen atoms in total. The van der Waals surface area contributed by atoms with Gasteiger partial charge in [0, 0.05) is 49.5 Å². The molecule has 8 heteroatoms. The zero-order valence-electron chi connectivity index (χ0n) is 18.5. The SMILES string of the molecule is CCN(c1ccc(C(=O)Nc2cccc(S(=O)(=O)/N=C3/CCCN3C)c2)cc1)C(C)C. The van der Waals surface area contributed by atoms with E-state index in [9.17, 15) is 13.2 Å². The monoisotopic (exact) mass is 442 g/mol. The van der Waals surface area contributed by atoms with Crippen LogP contribution in [0, 0.1) is 0 Å². The second kappa shape index (κ2) is 9.51. The van der Waals surface area contributed by atoms with Crippen LogP contribution in [-0.2, 0) is 10.0 Å². The van der Waals surface area contributed by atoms with Crippen LogP contribution in [0.15, 0.2) is 57.8 Å². The molecule has 0 bridgehead atoms. The predicted molar refractivity (Wildman–Crippen MR) is 125 cm³/mol. The summed E-state index contributed by atoms with van der Waals surface area (Å²) in [6, 6.07) is 14.0. The van der Waals surface area contributed by atoms with Crippen LogP contribution in [0.1, 0.15) is 44.0 Å². The first-order valence-corrected chi connectivity index (χ1v) is 12.0. The summed E-state index contributed by atoms with van der Waals surface area (Å²) in [7, 11) is -2.00. The summed E-state index contributed by atoms with van der Waals surface area (Å²) in [4.78, 5) is 16.8. The van der Waals surface area contributed by atoms with Crippen LogP contribution < -0.4 is 10.2 Å². The maximum absolute atomic E-state index is 12.7. The van der Waals surface area contributed by atoms with E-state index in [1.165, 1.54) is 12.1 Å². The lowest BCUT2D eigenvalue weighted by Crippen LogP contribution is -2.30. The smallest absolute Gasteiger partial charge is 0.284 e. The quantitative estimate of drug-likeness (QED) is 0.701. The van der Waals surface area contributed by atoms with Gasteiger partial charge >= 0.3 is 0 Å². The lowest BCUT2D eigenvalue weighted by Gasteiger charge is -2.27. The van der Waals surface area contributed by atoms with Crippen molar-refractivity contribution in [2.45, 2.75) is 44.6 Å². The van der Waals surface area contributed by atoms with Crippen LogP contribution in [0.2, 0.25) is 0 Å². The normalized spacial score (nSPS) is 15.5. The Balaban J connectivity index is 1.76. The van der Waals surface area contributed by atoms with Crippen molar-refractivity contribution < 1.29 is 13.2 Å². The molecule has 1 amide bonds. The molecule has 1 aliphatic heterocycles. The van der Waals surface area contributed by atoms with Crippen molar-refractivity contribution in [2.75, 3.05) is 30.4 Å². The van der Waals surface area contributed by atoms with E-state index in [2.05, 4.69) is 35.4 Å². The number of sulfonamides is 1. The number of nitrogens with zero attached hydrogens (tertiary/aromatic N) is 3. The van der Waals surface area contributed by atoms with E-state index in [1.807, 2.05) is 24.1 Å². The van der Waals surface area contributed by atoms with E-state index < -0.39 is 10.0 Å². The molecule has 0 spiro atoms. The Morgan fingerprint density at radius 2 is 1.90 bits per heavy atom. The highest BCUT2D eigenvalue weighted by Gasteiger charge is 2.20. The maximum atomic E-state index is 12.7. The molecule has 0 unspecified atom stereocenters. The van der Waals surface area contributed by atoms with Crippen molar-refractivity contribution in [1.29, 1.82) is 0 Å². The summed E-state index contributed by atoms with van der Waals surface area (Å²) in [6.45, 7) is 8.03. The van der Waals surface area contributed by atoms with Gasteiger partial charge in [-0.3, -0.25) is 4.79 Å². The van der Waals surface area contributed by atoms with Crippen LogP contribution in [0.3, 0.4) is 0 Å². The number of carbonyl (C=O) groups is 1. The fourth-order valence-corrected chi connectivity index (χ4v) is 4.83. The summed E-state index contributed by atoms with van der Waals surface area (Å²) < 4.78 is 29.4. The standard InChI is InChI=1S/C23H30N4O3S/c1-5-27(17(2)3)20-13-11-18(12-14-20)23(28)24-19-8-6-9-21(16-19)31(29,30)25-22-10-7-15-26(22)4/h6,8-9,11-14,16-17H,5,7,10,15H2,1-4H3,(H,24,28)/b25-22-. The van der Waals surface area contributed by atoms with E-state index in [0.29, 0.717) is 29.5 Å². The Morgan fingerprint density at radius 3 is 2.48 bits per heavy atom. The first-order chi connectivity index (χ1) is 14.7. The molecule has 2 aromatic rings. The third-order valence-electron chi connectivity index (χ3n) is 5.38. The van der Waals surface area contributed by atoms with Crippen molar-refractivity contribution in [3.8, 4) is 0 Å². The lowest BCUT2D eigenvalue weighted by atomic mass is 10.1. The number of benzene rings is 2. The molecule has 31 heavy (non-hydrogen) atoms. The van der Waals surface area contributed by atoms with Crippen LogP contribution in [0.5, 0.6) is 0 Å². The Hall–Kier alpha value is -2.87. The van der Waals surface area contributed by atoms with Gasteiger partial charge < -0.3 is 15.1 Å². The Labute approximate surface area is 184 Å². The van der Waals surface area contributed by atoms with Crippen molar-refractivity contribution >= 4 is 33.1 Å². The molecule has 1 aliphatic rings. The minimum Gasteiger partial charge on any atom is -0.369 e. The molecular weight excluding hydrogens is 412 g/mol. The highest BCUT2D eigenvalue weighted by molar-refractivity contribution is 7.90. The van der Waals surface area contributed by atoms with Crippen LogP contribution >= 0.6 is 0 Å². The zero-order chi connectivity index (χ0) is 22.6. The van der Waals surface area contributed by atoms with E-state index in [0.717, 1.165) is 25.2 Å². The molecule has 0 aliphatic carbocycles. The number of anilines is 2. The second-order valence-corrected chi connectivity index (χ2v) is 9.52. The number of hydrogen-bond donors (Lipinski definition) is 1. The van der Waals surface area contributed by atoms with Gasteiger partial charge in [-0.2, -0.15) is 8.42 Å². The number of amides is 1. The van der Waals surface area contributed by atoms with Gasteiger partial charge in [0.2, 0.25) is 0 Å². The molecule has 0 radical (unpaired) electrons. The Bertz CT molecular complexity index is 1060. The lowest BCUT2D eigenvalue weighted by molar-refractivity contribution is 0.102. The highest BCUT2D eigenvalue weighted by Crippen LogP contribution is 2.22. The van der Waals surface area contributed by atoms with Gasteiger partial charge in [0.05, 0.1) is 4.90 Å². The van der Waals surface area contributed by atoms with Crippen molar-refractivity contribution in [3.63, 3.8) is 0 Å². The molecule has 1 saturated heterocycles. The molecule has 166 valence electrons. The number of likely N-dealkylation sites (tertiary alicyclic amines) is 1. The summed E-state index contributed by atoms with van der Waals surface area (Å²) >= 11 is 0. The summed E-state index contributed by atoms with van der Waals surface area (Å²) in [5.41, 5.74) is 1.97. The molecule has 0 aromatic heterocycles. The third kappa shape index (κ3) is 5.44. The van der Waals surface area contributed by atoms with Gasteiger partial charge in [-0.1, -0.05) is 6.07 Å². The van der Waals surface area contributed by atoms with Crippen LogP contribution in [0.4, 0.5) is 11.4 Å². The van der Waals surface area contributed by atoms with Crippen molar-refractivity contribution in [3.05, 3.63) is 54.1 Å². The van der Waals surface area contributed by atoms with E-state index in [4.69, 9.17) is 0 Å². The minimum atomic E-state index is -3.84. The van der Waals surface area contributed by atoms with Gasteiger partial charge in [0.15, 0.2) is 0 Å². The van der Waals surface area contributed by atoms with Crippen molar-refractivity contribution in [2.24, 2.45) is 4.40 Å². The first kappa shape index (κ1) is 22.8. The largest absolute Gasteiger partial charge is 0.369 e. The topological polar surface area (TPSA) is 82.1 Å². The second-order valence-electron chi connectivity index (χ2n) is 7.92. The minimum absolute atomic E-state index is 0.0592. The van der Waals surface area contributed by atoms with Gasteiger partial charge in [0.1, 0.15) is 5.84 Å². The predicted octanol–water partition coefficient (Wildman–Crippen LogP) is 3.99. The summed E-state index contributed by atoms with van der Waals surface area (Å²) in [5, 5.41) is 2.78. The summed E-state index contributed by atoms with van der Waals surface area (Å²) in [6.07, 6.45) is 1.54. The van der Waals surface area contributed by atoms with Crippen LogP contribution in [-0.4, -0.2) is 51.2 Å².